The minimum atomic E-state index is -1.32. The summed E-state index contributed by atoms with van der Waals surface area (Å²) in [6, 6.07) is 0. The van der Waals surface area contributed by atoms with E-state index in [-0.39, 0.29) is 11.4 Å². The Balaban J connectivity index is 2.46. The molecule has 1 atom stereocenters. The molecule has 0 saturated heterocycles. The number of hydrogen-bond acceptors (Lipinski definition) is 3. The Kier molecular flexibility index (Phi) is 7.01. The molecule has 1 fully saturated rings. The first kappa shape index (κ1) is 15.4. The van der Waals surface area contributed by atoms with Gasteiger partial charge in [-0.1, -0.05) is 0 Å². The Labute approximate surface area is 118 Å². The Morgan fingerprint density at radius 2 is 2.29 bits per heavy atom. The van der Waals surface area contributed by atoms with Crippen LogP contribution in [0.1, 0.15) is 45.4 Å². The van der Waals surface area contributed by atoms with Crippen molar-refractivity contribution in [3.8, 4) is 0 Å². The summed E-state index contributed by atoms with van der Waals surface area (Å²) in [7, 11) is 6.04. The fourth-order valence-electron chi connectivity index (χ4n) is 2.61. The maximum absolute atomic E-state index is 12.1. The van der Waals surface area contributed by atoms with Crippen LogP contribution >= 0.6 is 8.25 Å². The quantitative estimate of drug-likeness (QED) is 0.357. The Bertz CT molecular complexity index is 279. The zero-order valence-corrected chi connectivity index (χ0v) is 16.7. The van der Waals surface area contributed by atoms with Gasteiger partial charge in [0, 0.05) is 0 Å². The van der Waals surface area contributed by atoms with Gasteiger partial charge in [-0.05, 0) is 0 Å². The standard InChI is InChI=1S/C12H19O3.ClH.Hg/c1-10(13)15-9-5-8-12(2)7-4-3-6-11(12)14;;/h2-9H2,1H3;1H;/q;;+1/p-1/t12-;;/m0../s1. The molecule has 1 aliphatic carbocycles. The molecule has 0 unspecified atom stereocenters. The third-order valence-corrected chi connectivity index (χ3v) is 9.69. The summed E-state index contributed by atoms with van der Waals surface area (Å²) in [4.78, 5) is 22.8. The molecule has 1 rings (SSSR count). The zero-order chi connectivity index (χ0) is 12.7. The molecule has 0 aromatic heterocycles. The van der Waals surface area contributed by atoms with Gasteiger partial charge in [0.25, 0.3) is 0 Å². The normalized spacial score (nSPS) is 24.2. The predicted octanol–water partition coefficient (Wildman–Crippen LogP) is 3.11. The molecule has 1 saturated carbocycles. The third-order valence-electron chi connectivity index (χ3n) is 3.58. The van der Waals surface area contributed by atoms with E-state index >= 15 is 0 Å². The molecule has 0 aliphatic heterocycles. The Morgan fingerprint density at radius 1 is 1.53 bits per heavy atom. The van der Waals surface area contributed by atoms with Gasteiger partial charge >= 0.3 is 119 Å². The van der Waals surface area contributed by atoms with Gasteiger partial charge in [0.2, 0.25) is 0 Å². The van der Waals surface area contributed by atoms with E-state index in [0.717, 1.165) is 42.5 Å². The van der Waals surface area contributed by atoms with Crippen molar-refractivity contribution in [2.45, 2.75) is 49.4 Å². The maximum atomic E-state index is 12.1. The second-order valence-corrected chi connectivity index (χ2v) is 11.5. The number of halogens is 1. The van der Waals surface area contributed by atoms with E-state index in [1.807, 2.05) is 0 Å². The number of esters is 1. The van der Waals surface area contributed by atoms with Crippen molar-refractivity contribution in [1.82, 2.24) is 0 Å². The average molecular weight is 447 g/mol. The molecule has 0 N–H and O–H groups in total. The fourth-order valence-corrected chi connectivity index (χ4v) is 10.2. The second kappa shape index (κ2) is 7.72. The summed E-state index contributed by atoms with van der Waals surface area (Å²) in [6.07, 6.45) is 5.53. The van der Waals surface area contributed by atoms with E-state index in [1.54, 1.807) is 0 Å². The molecular weight excluding hydrogens is 428 g/mol. The van der Waals surface area contributed by atoms with Crippen molar-refractivity contribution in [1.29, 1.82) is 0 Å². The molecule has 3 nitrogen and oxygen atoms in total. The van der Waals surface area contributed by atoms with Crippen LogP contribution < -0.4 is 0 Å². The van der Waals surface area contributed by atoms with Crippen LogP contribution in [0.15, 0.2) is 0 Å². The molecule has 1 aliphatic rings. The summed E-state index contributed by atoms with van der Waals surface area (Å²) in [5.74, 6) is 0.165. The molecular formula is C12H19ClHgO3. The summed E-state index contributed by atoms with van der Waals surface area (Å²) < 4.78 is 5.91. The van der Waals surface area contributed by atoms with E-state index in [4.69, 9.17) is 13.0 Å². The molecule has 17 heavy (non-hydrogen) atoms. The number of ether oxygens (including phenoxy) is 1. The van der Waals surface area contributed by atoms with Gasteiger partial charge in [-0.15, -0.1) is 0 Å². The summed E-state index contributed by atoms with van der Waals surface area (Å²) in [5, 5.41) is 0. The van der Waals surface area contributed by atoms with Crippen molar-refractivity contribution >= 4 is 20.0 Å². The Hall–Kier alpha value is 0.365. The SMILES string of the molecule is CC(=O)OCCC[C@]1([CH2][Hg][Cl])CCCCC1=O. The fraction of sp³-hybridized carbons (Fsp3) is 0.833. The number of carbonyl (C=O) groups is 2. The van der Waals surface area contributed by atoms with E-state index in [9.17, 15) is 9.59 Å². The number of rotatable bonds is 6. The summed E-state index contributed by atoms with van der Waals surface area (Å²) >= 11 is -1.32. The third kappa shape index (κ3) is 4.86. The van der Waals surface area contributed by atoms with Crippen LogP contribution in [0.3, 0.4) is 0 Å². The van der Waals surface area contributed by atoms with Crippen LogP contribution in [-0.4, -0.2) is 18.4 Å². The van der Waals surface area contributed by atoms with E-state index in [0.29, 0.717) is 12.4 Å². The van der Waals surface area contributed by atoms with Crippen molar-refractivity contribution < 1.29 is 37.7 Å². The van der Waals surface area contributed by atoms with Crippen LogP contribution in [0.25, 0.3) is 0 Å². The van der Waals surface area contributed by atoms with Gasteiger partial charge < -0.3 is 0 Å². The zero-order valence-electron chi connectivity index (χ0n) is 10.5. The van der Waals surface area contributed by atoms with E-state index in [1.165, 1.54) is 6.92 Å². The van der Waals surface area contributed by atoms with Crippen molar-refractivity contribution in [3.63, 3.8) is 0 Å². The summed E-state index contributed by atoms with van der Waals surface area (Å²) in [5.41, 5.74) is -0.137. The molecule has 0 radical (unpaired) electrons. The molecule has 0 amide bonds. The first-order valence-corrected chi connectivity index (χ1v) is 17.0. The topological polar surface area (TPSA) is 43.4 Å². The molecule has 94 valence electrons. The van der Waals surface area contributed by atoms with Gasteiger partial charge in [0.15, 0.2) is 0 Å². The average Bonchev–Trinajstić information content (AvgIpc) is 2.28. The summed E-state index contributed by atoms with van der Waals surface area (Å²) in [6.45, 7) is 1.85. The number of hydrogen-bond donors (Lipinski definition) is 0. The van der Waals surface area contributed by atoms with Crippen LogP contribution in [0.5, 0.6) is 0 Å². The second-order valence-electron chi connectivity index (χ2n) is 4.79. The van der Waals surface area contributed by atoms with Gasteiger partial charge in [-0.2, -0.15) is 0 Å². The van der Waals surface area contributed by atoms with Gasteiger partial charge in [0.05, 0.1) is 0 Å². The van der Waals surface area contributed by atoms with Crippen molar-refractivity contribution in [2.75, 3.05) is 6.61 Å². The monoisotopic (exact) mass is 448 g/mol. The number of Topliss-reactive ketones (excluding diaryl/α,β-unsaturated/α-hetero) is 1. The first-order chi connectivity index (χ1) is 8.10. The minimum absolute atomic E-state index is 0.137. The van der Waals surface area contributed by atoms with Gasteiger partial charge in [0.1, 0.15) is 0 Å². The number of carbonyl (C=O) groups excluding carboxylic acids is 2. The van der Waals surface area contributed by atoms with Crippen molar-refractivity contribution in [2.24, 2.45) is 5.41 Å². The van der Waals surface area contributed by atoms with Crippen LogP contribution in [-0.2, 0) is 37.7 Å². The van der Waals surface area contributed by atoms with Crippen LogP contribution in [0.4, 0.5) is 0 Å². The number of ketones is 1. The first-order valence-electron chi connectivity index (χ1n) is 6.33. The van der Waals surface area contributed by atoms with Crippen LogP contribution in [0.2, 0.25) is 3.93 Å². The molecule has 5 heteroatoms. The Morgan fingerprint density at radius 3 is 2.88 bits per heavy atom. The van der Waals surface area contributed by atoms with Crippen LogP contribution in [0, 0.1) is 5.41 Å². The van der Waals surface area contributed by atoms with Gasteiger partial charge in [-0.3, -0.25) is 0 Å². The predicted molar refractivity (Wildman–Crippen MR) is 62.4 cm³/mol. The van der Waals surface area contributed by atoms with Crippen molar-refractivity contribution in [3.05, 3.63) is 0 Å². The van der Waals surface area contributed by atoms with E-state index < -0.39 is 23.3 Å². The molecule has 0 aromatic carbocycles. The van der Waals surface area contributed by atoms with Gasteiger partial charge in [-0.25, -0.2) is 0 Å². The molecule has 0 heterocycles. The molecule has 0 spiro atoms. The molecule has 0 bridgehead atoms. The van der Waals surface area contributed by atoms with E-state index in [2.05, 4.69) is 0 Å². The molecule has 0 aromatic rings.